The Morgan fingerprint density at radius 2 is 1.86 bits per heavy atom. The summed E-state index contributed by atoms with van der Waals surface area (Å²) in [7, 11) is -3.54. The topological polar surface area (TPSA) is 75.3 Å². The van der Waals surface area contributed by atoms with Crippen molar-refractivity contribution in [2.24, 2.45) is 0 Å². The molecule has 5 nitrogen and oxygen atoms in total. The highest BCUT2D eigenvalue weighted by Crippen LogP contribution is 2.14. The van der Waals surface area contributed by atoms with Crippen molar-refractivity contribution in [1.82, 2.24) is 10.0 Å². The Morgan fingerprint density at radius 1 is 1.14 bits per heavy atom. The van der Waals surface area contributed by atoms with Gasteiger partial charge in [-0.1, -0.05) is 22.0 Å². The normalized spacial score (nSPS) is 11.3. The lowest BCUT2D eigenvalue weighted by atomic mass is 10.3. The number of carbonyl (C=O) groups is 1. The third-order valence-corrected chi connectivity index (χ3v) is 5.66. The highest BCUT2D eigenvalue weighted by Gasteiger charge is 2.13. The molecular formula is C14H15BrN2O3S2. The van der Waals surface area contributed by atoms with Gasteiger partial charge in [0, 0.05) is 22.4 Å². The smallest absolute Gasteiger partial charge is 0.240 e. The minimum absolute atomic E-state index is 0.120. The minimum Gasteiger partial charge on any atom is -0.354 e. The van der Waals surface area contributed by atoms with Crippen molar-refractivity contribution in [2.45, 2.75) is 11.3 Å². The maximum absolute atomic E-state index is 12.0. The van der Waals surface area contributed by atoms with Gasteiger partial charge in [-0.25, -0.2) is 13.1 Å². The van der Waals surface area contributed by atoms with Crippen molar-refractivity contribution in [3.63, 3.8) is 0 Å². The summed E-state index contributed by atoms with van der Waals surface area (Å²) in [5.41, 5.74) is 0. The number of nitrogens with one attached hydrogen (secondary N) is 2. The Morgan fingerprint density at radius 3 is 2.50 bits per heavy atom. The maximum atomic E-state index is 12.0. The molecule has 1 aromatic carbocycles. The van der Waals surface area contributed by atoms with E-state index in [2.05, 4.69) is 26.0 Å². The van der Waals surface area contributed by atoms with Crippen molar-refractivity contribution in [3.05, 3.63) is 51.1 Å². The summed E-state index contributed by atoms with van der Waals surface area (Å²) in [6, 6.07) is 10.1. The number of hydrogen-bond donors (Lipinski definition) is 2. The molecule has 0 aliphatic rings. The van der Waals surface area contributed by atoms with Crippen LogP contribution >= 0.6 is 27.3 Å². The van der Waals surface area contributed by atoms with Gasteiger partial charge in [-0.15, -0.1) is 11.3 Å². The van der Waals surface area contributed by atoms with Gasteiger partial charge in [-0.05, 0) is 35.7 Å². The van der Waals surface area contributed by atoms with Gasteiger partial charge in [-0.3, -0.25) is 4.79 Å². The van der Waals surface area contributed by atoms with Crippen LogP contribution < -0.4 is 10.0 Å². The highest BCUT2D eigenvalue weighted by molar-refractivity contribution is 9.10. The molecule has 1 aromatic heterocycles. The largest absolute Gasteiger partial charge is 0.354 e. The average Bonchev–Trinajstić information content (AvgIpc) is 2.97. The van der Waals surface area contributed by atoms with E-state index in [1.54, 1.807) is 12.1 Å². The molecule has 0 aliphatic carbocycles. The first-order valence-electron chi connectivity index (χ1n) is 6.52. The second-order valence-corrected chi connectivity index (χ2v) is 8.17. The van der Waals surface area contributed by atoms with E-state index in [0.29, 0.717) is 6.42 Å². The van der Waals surface area contributed by atoms with Crippen molar-refractivity contribution in [1.29, 1.82) is 0 Å². The maximum Gasteiger partial charge on any atom is 0.240 e. The monoisotopic (exact) mass is 402 g/mol. The molecular weight excluding hydrogens is 388 g/mol. The summed E-state index contributed by atoms with van der Waals surface area (Å²) in [6.07, 6.45) is 0.317. The molecule has 0 spiro atoms. The summed E-state index contributed by atoms with van der Waals surface area (Å²) in [5, 5.41) is 4.60. The molecule has 0 radical (unpaired) electrons. The standard InChI is InChI=1S/C14H15BrN2O3S2/c15-11-3-5-13(6-4-11)22(19,20)17-8-7-16-14(18)10-12-2-1-9-21-12/h1-6,9,17H,7-8,10H2,(H,16,18). The summed E-state index contributed by atoms with van der Waals surface area (Å²) in [4.78, 5) is 12.8. The molecule has 118 valence electrons. The lowest BCUT2D eigenvalue weighted by Gasteiger charge is -2.08. The van der Waals surface area contributed by atoms with Crippen LogP contribution in [0.4, 0.5) is 0 Å². The van der Waals surface area contributed by atoms with E-state index in [-0.39, 0.29) is 23.9 Å². The second-order valence-electron chi connectivity index (χ2n) is 4.46. The van der Waals surface area contributed by atoms with E-state index >= 15 is 0 Å². The zero-order valence-electron chi connectivity index (χ0n) is 11.6. The molecule has 0 saturated heterocycles. The molecule has 0 fully saturated rings. The van der Waals surface area contributed by atoms with Gasteiger partial charge in [-0.2, -0.15) is 0 Å². The van der Waals surface area contributed by atoms with Gasteiger partial charge >= 0.3 is 0 Å². The molecule has 22 heavy (non-hydrogen) atoms. The number of hydrogen-bond acceptors (Lipinski definition) is 4. The first-order valence-corrected chi connectivity index (χ1v) is 9.67. The van der Waals surface area contributed by atoms with Crippen LogP contribution in [0.2, 0.25) is 0 Å². The zero-order chi connectivity index (χ0) is 16.0. The van der Waals surface area contributed by atoms with E-state index in [1.165, 1.54) is 23.5 Å². The Bertz CT molecular complexity index is 713. The fourth-order valence-corrected chi connectivity index (χ4v) is 3.72. The second kappa shape index (κ2) is 7.87. The summed E-state index contributed by atoms with van der Waals surface area (Å²) < 4.78 is 27.3. The van der Waals surface area contributed by atoms with Gasteiger partial charge < -0.3 is 5.32 Å². The molecule has 8 heteroatoms. The average molecular weight is 403 g/mol. The zero-order valence-corrected chi connectivity index (χ0v) is 14.8. The van der Waals surface area contributed by atoms with Gasteiger partial charge in [0.1, 0.15) is 0 Å². The van der Waals surface area contributed by atoms with Crippen LogP contribution in [0.15, 0.2) is 51.1 Å². The number of halogens is 1. The van der Waals surface area contributed by atoms with Gasteiger partial charge in [0.25, 0.3) is 0 Å². The molecule has 2 rings (SSSR count). The van der Waals surface area contributed by atoms with Crippen LogP contribution in [0.3, 0.4) is 0 Å². The Kier molecular flexibility index (Phi) is 6.13. The molecule has 0 aliphatic heterocycles. The minimum atomic E-state index is -3.54. The fourth-order valence-electron chi connectivity index (χ4n) is 1.72. The molecule has 2 aromatic rings. The van der Waals surface area contributed by atoms with Gasteiger partial charge in [0.2, 0.25) is 15.9 Å². The quantitative estimate of drug-likeness (QED) is 0.696. The van der Waals surface area contributed by atoms with Crippen LogP contribution in [0.1, 0.15) is 4.88 Å². The van der Waals surface area contributed by atoms with Crippen LogP contribution in [-0.2, 0) is 21.2 Å². The Hall–Kier alpha value is -1.22. The van der Waals surface area contributed by atoms with Crippen LogP contribution in [0, 0.1) is 0 Å². The first-order chi connectivity index (χ1) is 10.5. The Labute approximate surface area is 141 Å². The first kappa shape index (κ1) is 17.1. The number of amides is 1. The summed E-state index contributed by atoms with van der Waals surface area (Å²) in [5.74, 6) is -0.120. The number of carbonyl (C=O) groups excluding carboxylic acids is 1. The number of thiophene rings is 1. The summed E-state index contributed by atoms with van der Waals surface area (Å²) in [6.45, 7) is 0.397. The van der Waals surface area contributed by atoms with E-state index in [9.17, 15) is 13.2 Å². The van der Waals surface area contributed by atoms with E-state index in [0.717, 1.165) is 9.35 Å². The third-order valence-electron chi connectivity index (χ3n) is 2.78. The third kappa shape index (κ3) is 5.20. The molecule has 0 bridgehead atoms. The summed E-state index contributed by atoms with van der Waals surface area (Å²) >= 11 is 4.77. The number of rotatable bonds is 7. The number of benzene rings is 1. The van der Waals surface area contributed by atoms with E-state index in [1.807, 2.05) is 17.5 Å². The molecule has 1 amide bonds. The molecule has 0 unspecified atom stereocenters. The van der Waals surface area contributed by atoms with Crippen LogP contribution in [0.25, 0.3) is 0 Å². The van der Waals surface area contributed by atoms with Crippen molar-refractivity contribution in [2.75, 3.05) is 13.1 Å². The van der Waals surface area contributed by atoms with E-state index < -0.39 is 10.0 Å². The molecule has 2 N–H and O–H groups in total. The molecule has 0 atom stereocenters. The van der Waals surface area contributed by atoms with Crippen molar-refractivity contribution in [3.8, 4) is 0 Å². The van der Waals surface area contributed by atoms with Crippen molar-refractivity contribution >= 4 is 43.2 Å². The lowest BCUT2D eigenvalue weighted by molar-refractivity contribution is -0.120. The van der Waals surface area contributed by atoms with Crippen LogP contribution in [0.5, 0.6) is 0 Å². The SMILES string of the molecule is O=C(Cc1cccs1)NCCNS(=O)(=O)c1ccc(Br)cc1. The van der Waals surface area contributed by atoms with Gasteiger partial charge in [0.05, 0.1) is 11.3 Å². The van der Waals surface area contributed by atoms with E-state index in [4.69, 9.17) is 0 Å². The van der Waals surface area contributed by atoms with Crippen molar-refractivity contribution < 1.29 is 13.2 Å². The number of sulfonamides is 1. The predicted octanol–water partition coefficient (Wildman–Crippen LogP) is 2.15. The predicted molar refractivity (Wildman–Crippen MR) is 90.4 cm³/mol. The fraction of sp³-hybridized carbons (Fsp3) is 0.214. The molecule has 0 saturated carbocycles. The highest BCUT2D eigenvalue weighted by atomic mass is 79.9. The van der Waals surface area contributed by atoms with Crippen LogP contribution in [-0.4, -0.2) is 27.4 Å². The molecule has 1 heterocycles. The Balaban J connectivity index is 1.76. The lowest BCUT2D eigenvalue weighted by Crippen LogP contribution is -2.35. The van der Waals surface area contributed by atoms with Gasteiger partial charge in [0.15, 0.2) is 0 Å².